The zero-order valence-electron chi connectivity index (χ0n) is 11.4. The molecule has 0 heterocycles. The maximum absolute atomic E-state index is 11.8. The third kappa shape index (κ3) is 5.40. The van der Waals surface area contributed by atoms with Crippen LogP contribution in [0.15, 0.2) is 29.2 Å². The molecule has 0 aliphatic carbocycles. The molecule has 3 N–H and O–H groups in total. The summed E-state index contributed by atoms with van der Waals surface area (Å²) in [5.74, 6) is -0.241. The van der Waals surface area contributed by atoms with Crippen LogP contribution in [0.2, 0.25) is 0 Å². The Kier molecular flexibility index (Phi) is 4.70. The second kappa shape index (κ2) is 5.71. The molecule has 0 saturated heterocycles. The summed E-state index contributed by atoms with van der Waals surface area (Å²) in [7, 11) is -3.36. The zero-order valence-corrected chi connectivity index (χ0v) is 12.3. The predicted octanol–water partition coefficient (Wildman–Crippen LogP) is 1.55. The van der Waals surface area contributed by atoms with Crippen LogP contribution in [0, 0.1) is 0 Å². The maximum Gasteiger partial charge on any atom is 0.224 e. The van der Waals surface area contributed by atoms with Crippen molar-refractivity contribution in [2.24, 2.45) is 5.73 Å². The van der Waals surface area contributed by atoms with E-state index in [9.17, 15) is 13.2 Å². The highest BCUT2D eigenvalue weighted by Gasteiger charge is 2.16. The fourth-order valence-corrected chi connectivity index (χ4v) is 2.39. The van der Waals surface area contributed by atoms with Gasteiger partial charge in [-0.3, -0.25) is 4.79 Å². The molecule has 0 saturated carbocycles. The number of carbonyl (C=O) groups is 1. The van der Waals surface area contributed by atoms with Crippen molar-refractivity contribution in [2.45, 2.75) is 37.1 Å². The fourth-order valence-electron chi connectivity index (χ4n) is 1.54. The van der Waals surface area contributed by atoms with Gasteiger partial charge >= 0.3 is 0 Å². The first-order valence-corrected chi connectivity index (χ1v) is 7.86. The van der Waals surface area contributed by atoms with E-state index in [1.54, 1.807) is 18.2 Å². The maximum atomic E-state index is 11.8. The Labute approximate surface area is 114 Å². The van der Waals surface area contributed by atoms with Gasteiger partial charge in [-0.25, -0.2) is 8.42 Å². The van der Waals surface area contributed by atoms with Crippen molar-refractivity contribution in [3.63, 3.8) is 0 Å². The van der Waals surface area contributed by atoms with Crippen molar-refractivity contribution in [1.82, 2.24) is 0 Å². The fraction of sp³-hybridized carbons (Fsp3) is 0.462. The molecular weight excluding hydrogens is 264 g/mol. The third-order valence-electron chi connectivity index (χ3n) is 2.56. The Morgan fingerprint density at radius 3 is 2.42 bits per heavy atom. The minimum atomic E-state index is -3.36. The topological polar surface area (TPSA) is 89.3 Å². The van der Waals surface area contributed by atoms with Gasteiger partial charge in [0.25, 0.3) is 0 Å². The normalized spacial score (nSPS) is 12.2. The summed E-state index contributed by atoms with van der Waals surface area (Å²) in [6.45, 7) is 3.68. The molecule has 1 amide bonds. The molecule has 1 aromatic carbocycles. The molecule has 0 atom stereocenters. The number of nitrogens with one attached hydrogen (secondary N) is 1. The minimum absolute atomic E-state index is 0.121. The first-order chi connectivity index (χ1) is 8.59. The second-order valence-corrected chi connectivity index (χ2v) is 7.29. The Morgan fingerprint density at radius 1 is 1.32 bits per heavy atom. The summed E-state index contributed by atoms with van der Waals surface area (Å²) in [5.41, 5.74) is 5.69. The molecule has 0 unspecified atom stereocenters. The summed E-state index contributed by atoms with van der Waals surface area (Å²) in [4.78, 5) is 11.9. The lowest BCUT2D eigenvalue weighted by atomic mass is 10.00. The molecule has 6 heteroatoms. The van der Waals surface area contributed by atoms with Crippen molar-refractivity contribution in [2.75, 3.05) is 11.6 Å². The molecule has 0 aliphatic rings. The summed E-state index contributed by atoms with van der Waals surface area (Å²) in [6.07, 6.45) is 1.89. The SMILES string of the molecule is CC(C)(N)CCC(=O)Nc1ccccc1S(C)(=O)=O. The lowest BCUT2D eigenvalue weighted by Gasteiger charge is -2.18. The molecule has 19 heavy (non-hydrogen) atoms. The molecule has 5 nitrogen and oxygen atoms in total. The standard InChI is InChI=1S/C13H20N2O3S/c1-13(2,14)9-8-12(16)15-10-6-4-5-7-11(10)19(3,17)18/h4-7H,8-9,14H2,1-3H3,(H,15,16). The van der Waals surface area contributed by atoms with Gasteiger partial charge in [-0.05, 0) is 32.4 Å². The van der Waals surface area contributed by atoms with Crippen LogP contribution in [-0.2, 0) is 14.6 Å². The van der Waals surface area contributed by atoms with Crippen LogP contribution in [0.25, 0.3) is 0 Å². The number of para-hydroxylation sites is 1. The number of carbonyl (C=O) groups excluding carboxylic acids is 1. The van der Waals surface area contributed by atoms with Gasteiger partial charge in [0.2, 0.25) is 5.91 Å². The third-order valence-corrected chi connectivity index (χ3v) is 3.71. The van der Waals surface area contributed by atoms with Crippen LogP contribution in [0.4, 0.5) is 5.69 Å². The lowest BCUT2D eigenvalue weighted by Crippen LogP contribution is -2.33. The minimum Gasteiger partial charge on any atom is -0.326 e. The monoisotopic (exact) mass is 284 g/mol. The molecule has 0 aliphatic heterocycles. The van der Waals surface area contributed by atoms with Gasteiger partial charge in [0, 0.05) is 18.2 Å². The van der Waals surface area contributed by atoms with Crippen LogP contribution >= 0.6 is 0 Å². The molecule has 0 radical (unpaired) electrons. The van der Waals surface area contributed by atoms with Crippen LogP contribution in [-0.4, -0.2) is 26.1 Å². The van der Waals surface area contributed by atoms with Crippen molar-refractivity contribution in [3.8, 4) is 0 Å². The van der Waals surface area contributed by atoms with Gasteiger partial charge in [0.15, 0.2) is 9.84 Å². The van der Waals surface area contributed by atoms with Crippen molar-refractivity contribution < 1.29 is 13.2 Å². The highest BCUT2D eigenvalue weighted by molar-refractivity contribution is 7.90. The van der Waals surface area contributed by atoms with Gasteiger partial charge in [-0.1, -0.05) is 12.1 Å². The number of sulfone groups is 1. The number of hydrogen-bond acceptors (Lipinski definition) is 4. The van der Waals surface area contributed by atoms with Crippen LogP contribution in [0.5, 0.6) is 0 Å². The summed E-state index contributed by atoms with van der Waals surface area (Å²) < 4.78 is 23.2. The zero-order chi connectivity index (χ0) is 14.7. The van der Waals surface area contributed by atoms with Gasteiger partial charge in [0.1, 0.15) is 0 Å². The predicted molar refractivity (Wildman–Crippen MR) is 75.7 cm³/mol. The van der Waals surface area contributed by atoms with Crippen molar-refractivity contribution in [3.05, 3.63) is 24.3 Å². The van der Waals surface area contributed by atoms with E-state index in [-0.39, 0.29) is 17.2 Å². The number of hydrogen-bond donors (Lipinski definition) is 2. The number of rotatable bonds is 5. The molecule has 0 fully saturated rings. The summed E-state index contributed by atoms with van der Waals surface area (Å²) in [5, 5.41) is 2.62. The summed E-state index contributed by atoms with van der Waals surface area (Å²) >= 11 is 0. The number of anilines is 1. The van der Waals surface area contributed by atoms with E-state index in [1.165, 1.54) is 6.07 Å². The first kappa shape index (κ1) is 15.7. The van der Waals surface area contributed by atoms with Gasteiger partial charge < -0.3 is 11.1 Å². The van der Waals surface area contributed by atoms with Crippen LogP contribution in [0.3, 0.4) is 0 Å². The molecular formula is C13H20N2O3S. The Bertz CT molecular complexity index is 559. The van der Waals surface area contributed by atoms with E-state index in [0.717, 1.165) is 6.26 Å². The van der Waals surface area contributed by atoms with Crippen LogP contribution < -0.4 is 11.1 Å². The number of nitrogens with two attached hydrogens (primary N) is 1. The van der Waals surface area contributed by atoms with Gasteiger partial charge in [-0.2, -0.15) is 0 Å². The molecule has 106 valence electrons. The van der Waals surface area contributed by atoms with Crippen molar-refractivity contribution in [1.29, 1.82) is 0 Å². The Hall–Kier alpha value is -1.40. The highest BCUT2D eigenvalue weighted by Crippen LogP contribution is 2.21. The molecule has 1 aromatic rings. The van der Waals surface area contributed by atoms with Crippen LogP contribution in [0.1, 0.15) is 26.7 Å². The van der Waals surface area contributed by atoms with E-state index >= 15 is 0 Å². The second-order valence-electron chi connectivity index (χ2n) is 5.31. The van der Waals surface area contributed by atoms with E-state index in [1.807, 2.05) is 13.8 Å². The molecule has 0 spiro atoms. The Balaban J connectivity index is 2.81. The lowest BCUT2D eigenvalue weighted by molar-refractivity contribution is -0.116. The van der Waals surface area contributed by atoms with E-state index < -0.39 is 15.4 Å². The van der Waals surface area contributed by atoms with E-state index in [0.29, 0.717) is 12.1 Å². The Morgan fingerprint density at radius 2 is 1.89 bits per heavy atom. The number of benzene rings is 1. The number of amides is 1. The largest absolute Gasteiger partial charge is 0.326 e. The highest BCUT2D eigenvalue weighted by atomic mass is 32.2. The smallest absolute Gasteiger partial charge is 0.224 e. The average molecular weight is 284 g/mol. The molecule has 1 rings (SSSR count). The van der Waals surface area contributed by atoms with Gasteiger partial charge in [-0.15, -0.1) is 0 Å². The van der Waals surface area contributed by atoms with E-state index in [4.69, 9.17) is 5.73 Å². The first-order valence-electron chi connectivity index (χ1n) is 5.97. The average Bonchev–Trinajstić information content (AvgIpc) is 2.25. The van der Waals surface area contributed by atoms with Gasteiger partial charge in [0.05, 0.1) is 10.6 Å². The summed E-state index contributed by atoms with van der Waals surface area (Å²) in [6, 6.07) is 6.34. The van der Waals surface area contributed by atoms with E-state index in [2.05, 4.69) is 5.32 Å². The molecule has 0 aromatic heterocycles. The van der Waals surface area contributed by atoms with Crippen molar-refractivity contribution >= 4 is 21.4 Å². The quantitative estimate of drug-likeness (QED) is 0.858. The molecule has 0 bridgehead atoms.